The van der Waals surface area contributed by atoms with Crippen LogP contribution in [0, 0.1) is 0 Å². The van der Waals surface area contributed by atoms with Crippen LogP contribution in [0.25, 0.3) is 11.0 Å². The maximum Gasteiger partial charge on any atom is 0.319 e. The van der Waals surface area contributed by atoms with Gasteiger partial charge in [-0.3, -0.25) is 9.59 Å². The summed E-state index contributed by atoms with van der Waals surface area (Å²) in [5.41, 5.74) is 1.45. The smallest absolute Gasteiger partial charge is 0.319 e. The van der Waals surface area contributed by atoms with Crippen LogP contribution in [0.1, 0.15) is 19.5 Å². The zero-order valence-corrected chi connectivity index (χ0v) is 11.5. The molecule has 1 aromatic heterocycles. The second kappa shape index (κ2) is 5.05. The standard InChI is InChI=1S/C13H14N2O3S/c1-13(2,12(17)18)19-7-10-11(16)15-9-6-4-3-5-8(9)14-10/h3-6H,7H2,1-2H3,(H,15,16)(H,17,18). The molecular weight excluding hydrogens is 264 g/mol. The lowest BCUT2D eigenvalue weighted by Gasteiger charge is -2.17. The highest BCUT2D eigenvalue weighted by atomic mass is 32.2. The minimum Gasteiger partial charge on any atom is -0.480 e. The molecule has 0 aliphatic rings. The molecule has 0 spiro atoms. The Hall–Kier alpha value is -1.82. The predicted molar refractivity (Wildman–Crippen MR) is 75.4 cm³/mol. The van der Waals surface area contributed by atoms with E-state index in [1.54, 1.807) is 19.9 Å². The van der Waals surface area contributed by atoms with E-state index in [9.17, 15) is 9.59 Å². The number of carboxylic acid groups (broad SMARTS) is 1. The fourth-order valence-electron chi connectivity index (χ4n) is 1.48. The van der Waals surface area contributed by atoms with Gasteiger partial charge in [0.25, 0.3) is 5.56 Å². The Balaban J connectivity index is 2.29. The molecule has 0 bridgehead atoms. The normalized spacial score (nSPS) is 11.7. The summed E-state index contributed by atoms with van der Waals surface area (Å²) in [5.74, 6) is -0.644. The minimum absolute atomic E-state index is 0.263. The number of hydrogen-bond donors (Lipinski definition) is 2. The van der Waals surface area contributed by atoms with Gasteiger partial charge in [-0.2, -0.15) is 0 Å². The molecule has 1 aromatic carbocycles. The van der Waals surface area contributed by atoms with Crippen LogP contribution in [-0.2, 0) is 10.5 Å². The number of aromatic amines is 1. The number of H-pyrrole nitrogens is 1. The van der Waals surface area contributed by atoms with Gasteiger partial charge >= 0.3 is 5.97 Å². The summed E-state index contributed by atoms with van der Waals surface area (Å²) in [4.78, 5) is 29.9. The molecule has 5 nitrogen and oxygen atoms in total. The lowest BCUT2D eigenvalue weighted by Crippen LogP contribution is -2.28. The maximum absolute atomic E-state index is 11.8. The van der Waals surface area contributed by atoms with Gasteiger partial charge in [0.05, 0.1) is 11.0 Å². The van der Waals surface area contributed by atoms with Gasteiger partial charge in [0, 0.05) is 5.75 Å². The van der Waals surface area contributed by atoms with Crippen molar-refractivity contribution in [2.45, 2.75) is 24.3 Å². The second-order valence-corrected chi connectivity index (χ2v) is 6.23. The molecule has 0 amide bonds. The van der Waals surface area contributed by atoms with Crippen LogP contribution in [0.2, 0.25) is 0 Å². The average Bonchev–Trinajstić information content (AvgIpc) is 2.36. The molecule has 0 aliphatic heterocycles. The first-order chi connectivity index (χ1) is 8.90. The number of aromatic nitrogens is 2. The fraction of sp³-hybridized carbons (Fsp3) is 0.308. The van der Waals surface area contributed by atoms with Gasteiger partial charge in [0.1, 0.15) is 10.4 Å². The third-order valence-electron chi connectivity index (χ3n) is 2.75. The van der Waals surface area contributed by atoms with Crippen molar-refractivity contribution in [3.05, 3.63) is 40.3 Å². The third-order valence-corrected chi connectivity index (χ3v) is 4.07. The molecule has 0 saturated carbocycles. The number of thioether (sulfide) groups is 1. The Labute approximate surface area is 114 Å². The summed E-state index contributed by atoms with van der Waals surface area (Å²) in [6, 6.07) is 7.25. The van der Waals surface area contributed by atoms with E-state index >= 15 is 0 Å². The molecule has 100 valence electrons. The lowest BCUT2D eigenvalue weighted by atomic mass is 10.2. The van der Waals surface area contributed by atoms with Crippen molar-refractivity contribution in [2.24, 2.45) is 0 Å². The number of nitrogens with one attached hydrogen (secondary N) is 1. The van der Waals surface area contributed by atoms with E-state index in [-0.39, 0.29) is 11.3 Å². The van der Waals surface area contributed by atoms with Crippen LogP contribution < -0.4 is 5.56 Å². The van der Waals surface area contributed by atoms with Crippen molar-refractivity contribution >= 4 is 28.8 Å². The van der Waals surface area contributed by atoms with Gasteiger partial charge in [-0.1, -0.05) is 12.1 Å². The molecule has 0 radical (unpaired) electrons. The van der Waals surface area contributed by atoms with Crippen molar-refractivity contribution in [2.75, 3.05) is 0 Å². The molecular formula is C13H14N2O3S. The number of carboxylic acids is 1. The Morgan fingerprint density at radius 2 is 2.11 bits per heavy atom. The van der Waals surface area contributed by atoms with Gasteiger partial charge in [0.2, 0.25) is 0 Å². The molecule has 0 atom stereocenters. The van der Waals surface area contributed by atoms with Gasteiger partial charge in [0.15, 0.2) is 0 Å². The number of benzene rings is 1. The molecule has 1 heterocycles. The molecule has 0 fully saturated rings. The predicted octanol–water partition coefficient (Wildman–Crippen LogP) is 2.02. The molecule has 0 unspecified atom stereocenters. The number of aliphatic carboxylic acids is 1. The van der Waals surface area contributed by atoms with Gasteiger partial charge in [-0.25, -0.2) is 4.98 Å². The summed E-state index contributed by atoms with van der Waals surface area (Å²) in [6.45, 7) is 3.21. The Kier molecular flexibility index (Phi) is 3.61. The quantitative estimate of drug-likeness (QED) is 0.894. The van der Waals surface area contributed by atoms with Crippen LogP contribution in [0.3, 0.4) is 0 Å². The second-order valence-electron chi connectivity index (χ2n) is 4.63. The van der Waals surface area contributed by atoms with Gasteiger partial charge in [-0.15, -0.1) is 11.8 Å². The summed E-state index contributed by atoms with van der Waals surface area (Å²) in [6.07, 6.45) is 0. The summed E-state index contributed by atoms with van der Waals surface area (Å²) >= 11 is 1.18. The van der Waals surface area contributed by atoms with Crippen molar-refractivity contribution in [3.63, 3.8) is 0 Å². The maximum atomic E-state index is 11.8. The van der Waals surface area contributed by atoms with E-state index in [1.165, 1.54) is 11.8 Å². The highest BCUT2D eigenvalue weighted by Crippen LogP contribution is 2.27. The monoisotopic (exact) mass is 278 g/mol. The van der Waals surface area contributed by atoms with E-state index in [4.69, 9.17) is 5.11 Å². The first-order valence-corrected chi connectivity index (χ1v) is 6.74. The number of para-hydroxylation sites is 2. The molecule has 0 saturated heterocycles. The number of rotatable bonds is 4. The summed E-state index contributed by atoms with van der Waals surface area (Å²) < 4.78 is -0.945. The van der Waals surface area contributed by atoms with Crippen molar-refractivity contribution in [3.8, 4) is 0 Å². The van der Waals surface area contributed by atoms with E-state index in [1.807, 2.05) is 18.2 Å². The topological polar surface area (TPSA) is 83.0 Å². The zero-order valence-electron chi connectivity index (χ0n) is 10.6. The summed E-state index contributed by atoms with van der Waals surface area (Å²) in [5, 5.41) is 9.03. The van der Waals surface area contributed by atoms with E-state index in [0.717, 1.165) is 0 Å². The Morgan fingerprint density at radius 1 is 1.42 bits per heavy atom. The van der Waals surface area contributed by atoms with E-state index in [0.29, 0.717) is 16.7 Å². The molecule has 19 heavy (non-hydrogen) atoms. The minimum atomic E-state index is -0.945. The SMILES string of the molecule is CC(C)(SCc1nc2ccccc2[nH]c1=O)C(=O)O. The van der Waals surface area contributed by atoms with Crippen molar-refractivity contribution in [1.82, 2.24) is 9.97 Å². The first-order valence-electron chi connectivity index (χ1n) is 5.75. The highest BCUT2D eigenvalue weighted by Gasteiger charge is 2.28. The van der Waals surface area contributed by atoms with Crippen molar-refractivity contribution < 1.29 is 9.90 Å². The van der Waals surface area contributed by atoms with Crippen LogP contribution in [0.5, 0.6) is 0 Å². The molecule has 2 aromatic rings. The fourth-order valence-corrected chi connectivity index (χ4v) is 2.29. The molecule has 0 aliphatic carbocycles. The molecule has 2 N–H and O–H groups in total. The third kappa shape index (κ3) is 2.96. The van der Waals surface area contributed by atoms with E-state index < -0.39 is 10.7 Å². The number of carbonyl (C=O) groups is 1. The zero-order chi connectivity index (χ0) is 14.0. The van der Waals surface area contributed by atoms with Crippen LogP contribution >= 0.6 is 11.8 Å². The Morgan fingerprint density at radius 3 is 2.79 bits per heavy atom. The number of nitrogens with zero attached hydrogens (tertiary/aromatic N) is 1. The summed E-state index contributed by atoms with van der Waals surface area (Å²) in [7, 11) is 0. The average molecular weight is 278 g/mol. The Bertz CT molecular complexity index is 679. The molecule has 2 rings (SSSR count). The molecule has 6 heteroatoms. The first kappa shape index (κ1) is 13.6. The largest absolute Gasteiger partial charge is 0.480 e. The van der Waals surface area contributed by atoms with Gasteiger partial charge in [-0.05, 0) is 26.0 Å². The van der Waals surface area contributed by atoms with Gasteiger partial charge < -0.3 is 10.1 Å². The van der Waals surface area contributed by atoms with Crippen LogP contribution in [0.4, 0.5) is 0 Å². The number of hydrogen-bond acceptors (Lipinski definition) is 4. The van der Waals surface area contributed by atoms with Crippen LogP contribution in [-0.4, -0.2) is 25.8 Å². The lowest BCUT2D eigenvalue weighted by molar-refractivity contribution is -0.138. The van der Waals surface area contributed by atoms with Crippen molar-refractivity contribution in [1.29, 1.82) is 0 Å². The van der Waals surface area contributed by atoms with Crippen LogP contribution in [0.15, 0.2) is 29.1 Å². The highest BCUT2D eigenvalue weighted by molar-refractivity contribution is 8.00. The van der Waals surface area contributed by atoms with E-state index in [2.05, 4.69) is 9.97 Å². The number of fused-ring (bicyclic) bond motifs is 1.